The van der Waals surface area contributed by atoms with Crippen LogP contribution in [0.1, 0.15) is 12.5 Å². The Kier molecular flexibility index (Phi) is 5.26. The molecule has 6 nitrogen and oxygen atoms in total. The van der Waals surface area contributed by atoms with Gasteiger partial charge in [0.05, 0.1) is 10.5 Å². The van der Waals surface area contributed by atoms with Crippen LogP contribution in [0, 0.1) is 10.1 Å². The molecule has 132 valence electrons. The summed E-state index contributed by atoms with van der Waals surface area (Å²) in [5, 5.41) is 13.7. The van der Waals surface area contributed by atoms with E-state index in [-0.39, 0.29) is 5.69 Å². The predicted octanol–water partition coefficient (Wildman–Crippen LogP) is 4.32. The van der Waals surface area contributed by atoms with E-state index in [1.807, 2.05) is 0 Å². The van der Waals surface area contributed by atoms with Crippen molar-refractivity contribution in [2.75, 3.05) is 5.32 Å². The summed E-state index contributed by atoms with van der Waals surface area (Å²) >= 11 is 0. The number of rotatable bonds is 6. The van der Waals surface area contributed by atoms with Crippen molar-refractivity contribution in [3.63, 3.8) is 0 Å². The summed E-state index contributed by atoms with van der Waals surface area (Å²) in [5.74, 6) is 0.409. The van der Waals surface area contributed by atoms with Crippen LogP contribution in [0.4, 0.5) is 30.2 Å². The minimum atomic E-state index is -4.67. The first kappa shape index (κ1) is 18.2. The Hall–Kier alpha value is -3.10. The predicted molar refractivity (Wildman–Crippen MR) is 84.0 cm³/mol. The minimum absolute atomic E-state index is 0.0760. The van der Waals surface area contributed by atoms with Crippen molar-refractivity contribution in [3.05, 3.63) is 58.1 Å². The first-order valence-electron chi connectivity index (χ1n) is 7.05. The number of nitro groups is 1. The molecule has 0 saturated carbocycles. The van der Waals surface area contributed by atoms with E-state index < -0.39 is 28.5 Å². The third-order valence-electron chi connectivity index (χ3n) is 3.17. The second-order valence-corrected chi connectivity index (χ2v) is 5.10. The Bertz CT molecular complexity index is 776. The third-order valence-corrected chi connectivity index (χ3v) is 3.17. The molecule has 0 radical (unpaired) electrons. The van der Waals surface area contributed by atoms with Gasteiger partial charge >= 0.3 is 6.18 Å². The zero-order valence-corrected chi connectivity index (χ0v) is 12.9. The van der Waals surface area contributed by atoms with Crippen LogP contribution in [0.2, 0.25) is 0 Å². The van der Waals surface area contributed by atoms with E-state index in [4.69, 9.17) is 4.74 Å². The van der Waals surface area contributed by atoms with Crippen LogP contribution >= 0.6 is 0 Å². The topological polar surface area (TPSA) is 81.5 Å². The molecule has 9 heteroatoms. The molecular weight excluding hydrogens is 341 g/mol. The van der Waals surface area contributed by atoms with Crippen molar-refractivity contribution >= 4 is 23.3 Å². The summed E-state index contributed by atoms with van der Waals surface area (Å²) in [5.41, 5.74) is -1.46. The molecule has 2 aromatic rings. The molecule has 0 aromatic heterocycles. The second kappa shape index (κ2) is 7.20. The summed E-state index contributed by atoms with van der Waals surface area (Å²) in [4.78, 5) is 20.7. The number of hydrogen-bond donors (Lipinski definition) is 1. The van der Waals surface area contributed by atoms with Gasteiger partial charge in [0.2, 0.25) is 0 Å². The molecule has 0 fully saturated rings. The van der Waals surface area contributed by atoms with E-state index in [9.17, 15) is 28.1 Å². The summed E-state index contributed by atoms with van der Waals surface area (Å²) in [6, 6.07) is 8.34. The van der Waals surface area contributed by atoms with E-state index >= 15 is 0 Å². The SMILES string of the molecule is CC(C=O)Oc1ccc(Nc2ccc(C(F)(F)F)cc2[N+](=O)[O-])cc1. The molecular formula is C16H13F3N2O4. The zero-order valence-electron chi connectivity index (χ0n) is 12.9. The van der Waals surface area contributed by atoms with Crippen LogP contribution in [0.25, 0.3) is 0 Å². The van der Waals surface area contributed by atoms with Crippen molar-refractivity contribution in [3.8, 4) is 5.75 Å². The molecule has 0 amide bonds. The van der Waals surface area contributed by atoms with Crippen molar-refractivity contribution in [1.29, 1.82) is 0 Å². The van der Waals surface area contributed by atoms with E-state index in [2.05, 4.69) is 5.32 Å². The zero-order chi connectivity index (χ0) is 18.6. The van der Waals surface area contributed by atoms with Crippen LogP contribution in [0.5, 0.6) is 5.75 Å². The third kappa shape index (κ3) is 4.69. The lowest BCUT2D eigenvalue weighted by Crippen LogP contribution is -2.12. The van der Waals surface area contributed by atoms with Crippen LogP contribution in [0.15, 0.2) is 42.5 Å². The Labute approximate surface area is 140 Å². The van der Waals surface area contributed by atoms with Crippen LogP contribution in [0.3, 0.4) is 0 Å². The van der Waals surface area contributed by atoms with Crippen molar-refractivity contribution in [2.45, 2.75) is 19.2 Å². The van der Waals surface area contributed by atoms with Gasteiger partial charge in [-0.2, -0.15) is 13.2 Å². The number of hydrogen-bond acceptors (Lipinski definition) is 5. The van der Waals surface area contributed by atoms with E-state index in [1.165, 1.54) is 24.3 Å². The van der Waals surface area contributed by atoms with Gasteiger partial charge in [0, 0.05) is 11.8 Å². The lowest BCUT2D eigenvalue weighted by molar-refractivity contribution is -0.384. The Morgan fingerprint density at radius 3 is 2.36 bits per heavy atom. The van der Waals surface area contributed by atoms with Crippen molar-refractivity contribution in [2.24, 2.45) is 0 Å². The standard InChI is InChI=1S/C16H13F3N2O4/c1-10(9-22)25-13-5-3-12(4-6-13)20-14-7-2-11(16(17,18)19)8-15(14)21(23)24/h2-10,20H,1H3. The number of nitrogens with zero attached hydrogens (tertiary/aromatic N) is 1. The monoisotopic (exact) mass is 354 g/mol. The molecule has 1 N–H and O–H groups in total. The van der Waals surface area contributed by atoms with Gasteiger partial charge in [-0.3, -0.25) is 14.9 Å². The number of ether oxygens (including phenoxy) is 1. The maximum atomic E-state index is 12.7. The molecule has 1 unspecified atom stereocenters. The van der Waals surface area contributed by atoms with Crippen molar-refractivity contribution in [1.82, 2.24) is 0 Å². The van der Waals surface area contributed by atoms with Gasteiger partial charge in [-0.05, 0) is 43.3 Å². The normalized spacial score (nSPS) is 12.3. The number of nitrogens with one attached hydrogen (secondary N) is 1. The van der Waals surface area contributed by atoms with Gasteiger partial charge in [0.1, 0.15) is 11.4 Å². The highest BCUT2D eigenvalue weighted by molar-refractivity contribution is 5.70. The maximum absolute atomic E-state index is 12.7. The summed E-state index contributed by atoms with van der Waals surface area (Å²) in [6.07, 6.45) is -4.68. The first-order valence-corrected chi connectivity index (χ1v) is 7.05. The Balaban J connectivity index is 2.24. The molecule has 0 bridgehead atoms. The van der Waals surface area contributed by atoms with Gasteiger partial charge in [0.15, 0.2) is 12.4 Å². The van der Waals surface area contributed by atoms with Crippen LogP contribution in [-0.2, 0) is 11.0 Å². The fourth-order valence-electron chi connectivity index (χ4n) is 1.98. The quantitative estimate of drug-likeness (QED) is 0.474. The smallest absolute Gasteiger partial charge is 0.416 e. The summed E-state index contributed by atoms with van der Waals surface area (Å²) in [7, 11) is 0. The van der Waals surface area contributed by atoms with Crippen LogP contribution in [-0.4, -0.2) is 17.3 Å². The molecule has 0 aliphatic heterocycles. The maximum Gasteiger partial charge on any atom is 0.416 e. The van der Waals surface area contributed by atoms with E-state index in [1.54, 1.807) is 6.92 Å². The fourth-order valence-corrected chi connectivity index (χ4v) is 1.98. The molecule has 25 heavy (non-hydrogen) atoms. The number of carbonyl (C=O) groups excluding carboxylic acids is 1. The van der Waals surface area contributed by atoms with Crippen LogP contribution < -0.4 is 10.1 Å². The molecule has 0 saturated heterocycles. The van der Waals surface area contributed by atoms with Gasteiger partial charge in [0.25, 0.3) is 5.69 Å². The highest BCUT2D eigenvalue weighted by Crippen LogP contribution is 2.36. The minimum Gasteiger partial charge on any atom is -0.483 e. The molecule has 0 heterocycles. The average Bonchev–Trinajstić information content (AvgIpc) is 2.55. The molecule has 0 aliphatic rings. The number of carbonyl (C=O) groups is 1. The average molecular weight is 354 g/mol. The number of anilines is 2. The molecule has 2 rings (SSSR count). The molecule has 1 atom stereocenters. The van der Waals surface area contributed by atoms with Crippen molar-refractivity contribution < 1.29 is 27.6 Å². The number of aldehydes is 1. The van der Waals surface area contributed by atoms with Gasteiger partial charge in [-0.1, -0.05) is 0 Å². The Morgan fingerprint density at radius 2 is 1.84 bits per heavy atom. The lowest BCUT2D eigenvalue weighted by Gasteiger charge is -2.12. The number of halogens is 3. The fraction of sp³-hybridized carbons (Fsp3) is 0.188. The summed E-state index contributed by atoms with van der Waals surface area (Å²) < 4.78 is 43.3. The largest absolute Gasteiger partial charge is 0.483 e. The van der Waals surface area contributed by atoms with Gasteiger partial charge in [-0.25, -0.2) is 0 Å². The first-order chi connectivity index (χ1) is 11.7. The number of alkyl halides is 3. The van der Waals surface area contributed by atoms with Gasteiger partial charge in [-0.15, -0.1) is 0 Å². The molecule has 2 aromatic carbocycles. The highest BCUT2D eigenvalue weighted by Gasteiger charge is 2.33. The van der Waals surface area contributed by atoms with Gasteiger partial charge < -0.3 is 10.1 Å². The number of benzene rings is 2. The second-order valence-electron chi connectivity index (χ2n) is 5.10. The van der Waals surface area contributed by atoms with E-state index in [0.29, 0.717) is 23.8 Å². The molecule has 0 spiro atoms. The lowest BCUT2D eigenvalue weighted by atomic mass is 10.1. The Morgan fingerprint density at radius 1 is 1.20 bits per heavy atom. The molecule has 0 aliphatic carbocycles. The highest BCUT2D eigenvalue weighted by atomic mass is 19.4. The number of nitro benzene ring substituents is 1. The summed E-state index contributed by atoms with van der Waals surface area (Å²) in [6.45, 7) is 1.56. The van der Waals surface area contributed by atoms with E-state index in [0.717, 1.165) is 12.1 Å².